The fourth-order valence-electron chi connectivity index (χ4n) is 3.81. The zero-order valence-electron chi connectivity index (χ0n) is 17.8. The summed E-state index contributed by atoms with van der Waals surface area (Å²) in [5, 5.41) is 2.91. The van der Waals surface area contributed by atoms with E-state index in [9.17, 15) is 13.2 Å². The van der Waals surface area contributed by atoms with Gasteiger partial charge in [-0.3, -0.25) is 14.1 Å². The van der Waals surface area contributed by atoms with Crippen LogP contribution in [0, 0.1) is 6.92 Å². The van der Waals surface area contributed by atoms with Crippen molar-refractivity contribution in [3.05, 3.63) is 84.1 Å². The average molecular weight is 460 g/mol. The number of benzene rings is 2. The van der Waals surface area contributed by atoms with Crippen molar-refractivity contribution >= 4 is 38.5 Å². The molecule has 0 atom stereocenters. The second-order valence-corrected chi connectivity index (χ2v) is 9.42. The maximum atomic E-state index is 12.8. The minimum atomic E-state index is -3.50. The van der Waals surface area contributed by atoms with Gasteiger partial charge in [0.15, 0.2) is 0 Å². The van der Waals surface area contributed by atoms with Gasteiger partial charge in [0.05, 0.1) is 22.4 Å². The highest BCUT2D eigenvalue weighted by Crippen LogP contribution is 2.27. The second-order valence-electron chi connectivity index (χ2n) is 7.74. The van der Waals surface area contributed by atoms with Crippen LogP contribution >= 0.6 is 0 Å². The van der Waals surface area contributed by atoms with Crippen LogP contribution in [0.3, 0.4) is 0 Å². The van der Waals surface area contributed by atoms with Gasteiger partial charge in [-0.05, 0) is 73.2 Å². The van der Waals surface area contributed by atoms with Crippen molar-refractivity contribution in [3.63, 3.8) is 0 Å². The summed E-state index contributed by atoms with van der Waals surface area (Å²) in [7, 11) is -3.50. The van der Waals surface area contributed by atoms with Crippen LogP contribution in [0.5, 0.6) is 0 Å². The van der Waals surface area contributed by atoms with Gasteiger partial charge in [-0.2, -0.15) is 13.1 Å². The fraction of sp³-hybridized carbons (Fsp3) is 0.125. The molecule has 1 fully saturated rings. The van der Waals surface area contributed by atoms with E-state index < -0.39 is 10.2 Å². The fourth-order valence-corrected chi connectivity index (χ4v) is 5.04. The number of hydrogen-bond acceptors (Lipinski definition) is 5. The lowest BCUT2D eigenvalue weighted by molar-refractivity contribution is 0.102. The maximum Gasteiger partial charge on any atom is 0.301 e. The number of nitrogens with zero attached hydrogens (tertiary/aromatic N) is 3. The van der Waals surface area contributed by atoms with Gasteiger partial charge in [-0.25, -0.2) is 4.98 Å². The van der Waals surface area contributed by atoms with Gasteiger partial charge in [-0.15, -0.1) is 0 Å². The van der Waals surface area contributed by atoms with Crippen molar-refractivity contribution in [1.29, 1.82) is 0 Å². The lowest BCUT2D eigenvalue weighted by Crippen LogP contribution is -2.29. The van der Waals surface area contributed by atoms with Gasteiger partial charge >= 0.3 is 10.2 Å². The van der Waals surface area contributed by atoms with E-state index in [-0.39, 0.29) is 5.91 Å². The largest absolute Gasteiger partial charge is 0.322 e. The summed E-state index contributed by atoms with van der Waals surface area (Å²) in [5.74, 6) is -0.283. The van der Waals surface area contributed by atoms with E-state index >= 15 is 0 Å². The highest BCUT2D eigenvalue weighted by molar-refractivity contribution is 7.91. The summed E-state index contributed by atoms with van der Waals surface area (Å²) in [4.78, 5) is 21.8. The summed E-state index contributed by atoms with van der Waals surface area (Å²) in [6, 6.07) is 19.8. The van der Waals surface area contributed by atoms with Crippen molar-refractivity contribution in [3.8, 4) is 11.3 Å². The van der Waals surface area contributed by atoms with Crippen molar-refractivity contribution in [2.75, 3.05) is 22.7 Å². The van der Waals surface area contributed by atoms with Crippen LogP contribution in [0.2, 0.25) is 0 Å². The van der Waals surface area contributed by atoms with Gasteiger partial charge in [0.1, 0.15) is 0 Å². The number of carbonyl (C=O) groups excluding carboxylic acids is 1. The highest BCUT2D eigenvalue weighted by atomic mass is 32.2. The Balaban J connectivity index is 1.37. The molecule has 2 N–H and O–H groups in total. The molecule has 1 aliphatic heterocycles. The summed E-state index contributed by atoms with van der Waals surface area (Å²) in [5.41, 5.74) is 5.97. The molecule has 0 bridgehead atoms. The van der Waals surface area contributed by atoms with Gasteiger partial charge in [0.2, 0.25) is 0 Å². The summed E-state index contributed by atoms with van der Waals surface area (Å²) in [6.07, 6.45) is 1.73. The number of nitrogens with one attached hydrogen (secondary N) is 2. The number of pyridine rings is 2. The predicted molar refractivity (Wildman–Crippen MR) is 128 cm³/mol. The van der Waals surface area contributed by atoms with E-state index in [2.05, 4.69) is 15.0 Å². The minimum Gasteiger partial charge on any atom is -0.322 e. The molecule has 1 amide bonds. The first-order valence-corrected chi connectivity index (χ1v) is 11.9. The van der Waals surface area contributed by atoms with Crippen LogP contribution in [-0.2, 0) is 10.2 Å². The Labute approximate surface area is 191 Å². The number of aryl methyl sites for hydroxylation is 1. The van der Waals surface area contributed by atoms with Crippen molar-refractivity contribution in [2.24, 2.45) is 0 Å². The topological polar surface area (TPSA) is 104 Å². The van der Waals surface area contributed by atoms with Gasteiger partial charge in [-0.1, -0.05) is 6.07 Å². The van der Waals surface area contributed by atoms with E-state index in [1.165, 1.54) is 4.31 Å². The third-order valence-corrected chi connectivity index (χ3v) is 7.08. The Morgan fingerprint density at radius 1 is 1.03 bits per heavy atom. The molecule has 166 valence electrons. The standard InChI is InChI=1S/C24H21N5O3S/c1-16-4-7-18(15-20(16)21-10-11-22-23(28-21)3-2-12-25-22)27-24(30)17-5-8-19(9-6-17)29-14-13-26-33(29,31)32/h2-12,15,26H,13-14H2,1H3,(H,27,30). The van der Waals surface area contributed by atoms with Crippen molar-refractivity contribution in [1.82, 2.24) is 14.7 Å². The molecule has 1 saturated heterocycles. The number of amides is 1. The smallest absolute Gasteiger partial charge is 0.301 e. The molecule has 0 radical (unpaired) electrons. The molecule has 0 spiro atoms. The molecule has 0 aliphatic carbocycles. The van der Waals surface area contributed by atoms with Gasteiger partial charge < -0.3 is 5.32 Å². The third kappa shape index (κ3) is 4.15. The SMILES string of the molecule is Cc1ccc(NC(=O)c2ccc(N3CCNS3(=O)=O)cc2)cc1-c1ccc2ncccc2n1. The molecule has 8 nitrogen and oxygen atoms in total. The molecular weight excluding hydrogens is 438 g/mol. The number of carbonyl (C=O) groups is 1. The second kappa shape index (κ2) is 8.27. The van der Waals surface area contributed by atoms with Crippen molar-refractivity contribution in [2.45, 2.75) is 6.92 Å². The molecule has 33 heavy (non-hydrogen) atoms. The monoisotopic (exact) mass is 459 g/mol. The van der Waals surface area contributed by atoms with Crippen LogP contribution in [0.1, 0.15) is 15.9 Å². The average Bonchev–Trinajstić information content (AvgIpc) is 3.19. The first-order chi connectivity index (χ1) is 15.9. The zero-order valence-corrected chi connectivity index (χ0v) is 18.6. The maximum absolute atomic E-state index is 12.8. The van der Waals surface area contributed by atoms with Crippen LogP contribution in [0.15, 0.2) is 72.9 Å². The zero-order chi connectivity index (χ0) is 23.0. The predicted octanol–water partition coefficient (Wildman–Crippen LogP) is 3.51. The van der Waals surface area contributed by atoms with E-state index in [0.717, 1.165) is 27.9 Å². The Hall–Kier alpha value is -3.82. The highest BCUT2D eigenvalue weighted by Gasteiger charge is 2.27. The van der Waals surface area contributed by atoms with Crippen LogP contribution in [0.25, 0.3) is 22.3 Å². The Morgan fingerprint density at radius 3 is 2.61 bits per heavy atom. The van der Waals surface area contributed by atoms with E-state index in [0.29, 0.717) is 30.0 Å². The first kappa shape index (κ1) is 21.0. The van der Waals surface area contributed by atoms with E-state index in [1.54, 1.807) is 30.5 Å². The Kier molecular flexibility index (Phi) is 5.27. The quantitative estimate of drug-likeness (QED) is 0.486. The van der Waals surface area contributed by atoms with Crippen LogP contribution in [0.4, 0.5) is 11.4 Å². The lowest BCUT2D eigenvalue weighted by Gasteiger charge is -2.16. The van der Waals surface area contributed by atoms with Crippen LogP contribution < -0.4 is 14.3 Å². The number of fused-ring (bicyclic) bond motifs is 1. The van der Waals surface area contributed by atoms with E-state index in [4.69, 9.17) is 4.98 Å². The van der Waals surface area contributed by atoms with Gasteiger partial charge in [0.25, 0.3) is 5.91 Å². The molecule has 0 unspecified atom stereocenters. The van der Waals surface area contributed by atoms with Gasteiger partial charge in [0, 0.05) is 36.1 Å². The number of anilines is 2. The Morgan fingerprint density at radius 2 is 1.85 bits per heavy atom. The van der Waals surface area contributed by atoms with E-state index in [1.807, 2.05) is 49.4 Å². The molecule has 9 heteroatoms. The molecule has 0 saturated carbocycles. The number of aromatic nitrogens is 2. The van der Waals surface area contributed by atoms with Crippen molar-refractivity contribution < 1.29 is 13.2 Å². The molecule has 2 aromatic carbocycles. The molecule has 1 aliphatic rings. The molecule has 3 heterocycles. The summed E-state index contributed by atoms with van der Waals surface area (Å²) in [6.45, 7) is 2.72. The molecular formula is C24H21N5O3S. The summed E-state index contributed by atoms with van der Waals surface area (Å²) >= 11 is 0. The molecule has 5 rings (SSSR count). The summed E-state index contributed by atoms with van der Waals surface area (Å²) < 4.78 is 27.7. The third-order valence-electron chi connectivity index (χ3n) is 5.53. The minimum absolute atomic E-state index is 0.283. The Bertz CT molecular complexity index is 1470. The molecule has 4 aromatic rings. The number of hydrogen-bond donors (Lipinski definition) is 2. The lowest BCUT2D eigenvalue weighted by atomic mass is 10.0. The molecule has 2 aromatic heterocycles. The normalized spacial score (nSPS) is 15.0. The first-order valence-electron chi connectivity index (χ1n) is 10.4. The number of rotatable bonds is 4. The van der Waals surface area contributed by atoms with Crippen LogP contribution in [-0.4, -0.2) is 37.4 Å².